The van der Waals surface area contributed by atoms with Gasteiger partial charge in [0.25, 0.3) is 5.91 Å². The molecular formula is C42H50N6O5. The number of β-lactam (4-membered cyclic amide) rings is 1. The van der Waals surface area contributed by atoms with E-state index in [4.69, 9.17) is 14.5 Å². The maximum absolute atomic E-state index is 14.2. The Hall–Kier alpha value is -5.45. The van der Waals surface area contributed by atoms with Gasteiger partial charge in [0.1, 0.15) is 23.4 Å². The number of carbonyl (C=O) groups excluding carboxylic acids is 3. The van der Waals surface area contributed by atoms with Crippen molar-refractivity contribution in [2.75, 3.05) is 31.1 Å². The molecule has 2 fully saturated rings. The van der Waals surface area contributed by atoms with E-state index in [2.05, 4.69) is 22.1 Å². The van der Waals surface area contributed by atoms with Crippen molar-refractivity contribution in [3.8, 4) is 11.5 Å². The Balaban J connectivity index is 1.26. The largest absolute Gasteiger partial charge is 0.497 e. The Bertz CT molecular complexity index is 1780. The molecule has 6 rings (SSSR count). The smallest absolute Gasteiger partial charge is 0.325 e. The maximum Gasteiger partial charge on any atom is 0.325 e. The average Bonchev–Trinajstić information content (AvgIpc) is 3.21. The summed E-state index contributed by atoms with van der Waals surface area (Å²) in [6, 6.07) is 21.7. The van der Waals surface area contributed by atoms with E-state index in [0.717, 1.165) is 71.0 Å². The number of nitrogens with zero attached hydrogens (tertiary/aromatic N) is 5. The second-order valence-electron chi connectivity index (χ2n) is 14.0. The summed E-state index contributed by atoms with van der Waals surface area (Å²) in [5.74, 6) is 1.26. The summed E-state index contributed by atoms with van der Waals surface area (Å²) in [5, 5.41) is 3.15. The molecule has 1 aliphatic heterocycles. The summed E-state index contributed by atoms with van der Waals surface area (Å²) < 4.78 is 10.7. The number of imide groups is 1. The molecule has 2 aromatic heterocycles. The Morgan fingerprint density at radius 1 is 0.849 bits per heavy atom. The summed E-state index contributed by atoms with van der Waals surface area (Å²) in [4.78, 5) is 55.7. The zero-order valence-electron chi connectivity index (χ0n) is 31.1. The van der Waals surface area contributed by atoms with E-state index in [1.807, 2.05) is 60.7 Å². The average molecular weight is 719 g/mol. The van der Waals surface area contributed by atoms with E-state index < -0.39 is 18.0 Å². The lowest BCUT2D eigenvalue weighted by Crippen LogP contribution is -2.71. The molecule has 1 saturated heterocycles. The van der Waals surface area contributed by atoms with E-state index in [9.17, 15) is 14.4 Å². The van der Waals surface area contributed by atoms with Gasteiger partial charge in [-0.1, -0.05) is 50.5 Å². The molecule has 0 radical (unpaired) electrons. The molecule has 0 bridgehead atoms. The second kappa shape index (κ2) is 17.4. The van der Waals surface area contributed by atoms with Gasteiger partial charge in [0.05, 0.1) is 20.1 Å². The van der Waals surface area contributed by atoms with Crippen molar-refractivity contribution in [1.82, 2.24) is 20.2 Å². The first kappa shape index (κ1) is 37.3. The summed E-state index contributed by atoms with van der Waals surface area (Å²) >= 11 is 0. The van der Waals surface area contributed by atoms with E-state index in [0.29, 0.717) is 24.7 Å². The first-order chi connectivity index (χ1) is 25.8. The van der Waals surface area contributed by atoms with E-state index in [-0.39, 0.29) is 24.3 Å². The predicted octanol–water partition coefficient (Wildman–Crippen LogP) is 6.80. The van der Waals surface area contributed by atoms with Gasteiger partial charge in [-0.25, -0.2) is 9.78 Å². The number of benzene rings is 2. The number of hydrogen-bond donors (Lipinski definition) is 1. The highest BCUT2D eigenvalue weighted by atomic mass is 16.5. The number of hydrogen-bond acceptors (Lipinski definition) is 8. The number of likely N-dealkylation sites (N-methyl/N-ethyl adjacent to an activating group) is 1. The van der Waals surface area contributed by atoms with Gasteiger partial charge < -0.3 is 24.6 Å². The van der Waals surface area contributed by atoms with Gasteiger partial charge in [-0.3, -0.25) is 19.5 Å². The molecular weight excluding hydrogens is 668 g/mol. The van der Waals surface area contributed by atoms with Crippen LogP contribution in [0.15, 0.2) is 91.4 Å². The zero-order chi connectivity index (χ0) is 37.3. The number of aromatic nitrogens is 2. The van der Waals surface area contributed by atoms with Gasteiger partial charge in [0, 0.05) is 50.5 Å². The maximum atomic E-state index is 14.2. The number of nitrogens with one attached hydrogen (secondary N) is 1. The van der Waals surface area contributed by atoms with Crippen LogP contribution in [0.1, 0.15) is 62.1 Å². The summed E-state index contributed by atoms with van der Waals surface area (Å²) in [6.45, 7) is 3.20. The standard InChI is InChI=1S/C42H50N6O5/c1-5-37(32-9-7-6-8-10-32)45-42(51)48-39(41(50)46(2)33-20-22-43-23-21-33)36(40(48)49)25-31-19-24-44-38(26-31)47(27-29-11-15-34(52-3)16-12-29)28-30-13-17-35(53-4)18-14-30/h11-24,26,32,36-37,39H,5-10,25,27-28H2,1-4H3,(H,45,51)/t36-,37?,39+/m1/s1. The quantitative estimate of drug-likeness (QED) is 0.142. The third kappa shape index (κ3) is 8.79. The minimum Gasteiger partial charge on any atom is -0.497 e. The molecule has 1 N–H and O–H groups in total. The Kier molecular flexibility index (Phi) is 12.2. The Morgan fingerprint density at radius 2 is 1.45 bits per heavy atom. The molecule has 1 aliphatic carbocycles. The molecule has 11 heteroatoms. The lowest BCUT2D eigenvalue weighted by molar-refractivity contribution is -0.156. The lowest BCUT2D eigenvalue weighted by atomic mass is 9.81. The van der Waals surface area contributed by atoms with Crippen LogP contribution in [0.25, 0.3) is 0 Å². The molecule has 3 heterocycles. The minimum absolute atomic E-state index is 0.0477. The van der Waals surface area contributed by atoms with Crippen LogP contribution in [0.5, 0.6) is 11.5 Å². The van der Waals surface area contributed by atoms with Crippen LogP contribution in [0.2, 0.25) is 0 Å². The van der Waals surface area contributed by atoms with Crippen LogP contribution in [0.3, 0.4) is 0 Å². The number of pyridine rings is 2. The number of carbonyl (C=O) groups is 3. The third-order valence-corrected chi connectivity index (χ3v) is 10.7. The fourth-order valence-electron chi connectivity index (χ4n) is 7.60. The summed E-state index contributed by atoms with van der Waals surface area (Å²) in [7, 11) is 4.96. The zero-order valence-corrected chi connectivity index (χ0v) is 31.1. The Labute approximate surface area is 312 Å². The van der Waals surface area contributed by atoms with Gasteiger partial charge in [-0.15, -0.1) is 0 Å². The van der Waals surface area contributed by atoms with Crippen molar-refractivity contribution in [2.45, 2.75) is 77.0 Å². The predicted molar refractivity (Wildman–Crippen MR) is 205 cm³/mol. The fraction of sp³-hybridized carbons (Fsp3) is 0.405. The molecule has 4 aromatic rings. The SMILES string of the molecule is CCC(NC(=O)N1C(=O)[C@H](Cc2ccnc(N(Cc3ccc(OC)cc3)Cc3ccc(OC)cc3)c2)[C@H]1C(=O)N(C)c1ccncc1)C1CCCCC1. The Morgan fingerprint density at radius 3 is 2.02 bits per heavy atom. The van der Waals surface area contributed by atoms with Gasteiger partial charge in [0.15, 0.2) is 0 Å². The van der Waals surface area contributed by atoms with E-state index in [1.54, 1.807) is 52.0 Å². The number of rotatable bonds is 14. The van der Waals surface area contributed by atoms with Gasteiger partial charge in [-0.05, 0) is 96.8 Å². The lowest BCUT2D eigenvalue weighted by Gasteiger charge is -2.46. The normalized spacial score (nSPS) is 17.7. The van der Waals surface area contributed by atoms with Crippen molar-refractivity contribution in [1.29, 1.82) is 0 Å². The highest BCUT2D eigenvalue weighted by Crippen LogP contribution is 2.35. The van der Waals surface area contributed by atoms with E-state index in [1.165, 1.54) is 11.3 Å². The van der Waals surface area contributed by atoms with Gasteiger partial charge in [-0.2, -0.15) is 0 Å². The van der Waals surface area contributed by atoms with Crippen LogP contribution in [0, 0.1) is 11.8 Å². The van der Waals surface area contributed by atoms with E-state index >= 15 is 0 Å². The minimum atomic E-state index is -0.962. The molecule has 2 aliphatic rings. The number of likely N-dealkylation sites (tertiary alicyclic amines) is 1. The van der Waals surface area contributed by atoms with Gasteiger partial charge in [0.2, 0.25) is 5.91 Å². The molecule has 3 atom stereocenters. The van der Waals surface area contributed by atoms with Crippen molar-refractivity contribution >= 4 is 29.4 Å². The summed E-state index contributed by atoms with van der Waals surface area (Å²) in [5.41, 5.74) is 3.63. The van der Waals surface area contributed by atoms with Crippen molar-refractivity contribution < 1.29 is 23.9 Å². The molecule has 1 unspecified atom stereocenters. The number of anilines is 2. The first-order valence-electron chi connectivity index (χ1n) is 18.6. The molecule has 2 aromatic carbocycles. The topological polar surface area (TPSA) is 117 Å². The summed E-state index contributed by atoms with van der Waals surface area (Å²) in [6.07, 6.45) is 11.6. The second-order valence-corrected chi connectivity index (χ2v) is 14.0. The molecule has 11 nitrogen and oxygen atoms in total. The monoisotopic (exact) mass is 718 g/mol. The number of methoxy groups -OCH3 is 2. The van der Waals surface area contributed by atoms with Crippen molar-refractivity contribution in [2.24, 2.45) is 11.8 Å². The van der Waals surface area contributed by atoms with Gasteiger partial charge >= 0.3 is 6.03 Å². The van der Waals surface area contributed by atoms with Crippen LogP contribution in [0.4, 0.5) is 16.3 Å². The highest BCUT2D eigenvalue weighted by Gasteiger charge is 2.55. The van der Waals surface area contributed by atoms with Crippen LogP contribution >= 0.6 is 0 Å². The third-order valence-electron chi connectivity index (χ3n) is 10.7. The molecule has 0 spiro atoms. The highest BCUT2D eigenvalue weighted by molar-refractivity contribution is 6.12. The fourth-order valence-corrected chi connectivity index (χ4v) is 7.60. The molecule has 53 heavy (non-hydrogen) atoms. The first-order valence-corrected chi connectivity index (χ1v) is 18.6. The molecule has 278 valence electrons. The molecule has 1 saturated carbocycles. The van der Waals surface area contributed by atoms with Crippen LogP contribution < -0.4 is 24.6 Å². The van der Waals surface area contributed by atoms with Crippen LogP contribution in [-0.2, 0) is 29.1 Å². The number of amides is 4. The van der Waals surface area contributed by atoms with Crippen molar-refractivity contribution in [3.63, 3.8) is 0 Å². The number of ether oxygens (including phenoxy) is 2. The number of urea groups is 1. The van der Waals surface area contributed by atoms with Crippen molar-refractivity contribution in [3.05, 3.63) is 108 Å². The molecule has 4 amide bonds. The van der Waals surface area contributed by atoms with Crippen LogP contribution in [-0.4, -0.2) is 66.1 Å².